The SMILES string of the molecule is CCCC(C)CN1C(=O)C(CC(C)C)NC(=O)C1CCC. The second-order valence-corrected chi connectivity index (χ2v) is 6.88. The highest BCUT2D eigenvalue weighted by Gasteiger charge is 2.40. The van der Waals surface area contributed by atoms with Crippen LogP contribution in [0.1, 0.15) is 66.7 Å². The van der Waals surface area contributed by atoms with Crippen molar-refractivity contribution in [3.63, 3.8) is 0 Å². The third-order valence-electron chi connectivity index (χ3n) is 4.14. The molecule has 3 unspecified atom stereocenters. The number of piperazine rings is 1. The normalized spacial score (nSPS) is 24.4. The van der Waals surface area contributed by atoms with E-state index in [9.17, 15) is 9.59 Å². The molecule has 0 aliphatic carbocycles. The fraction of sp³-hybridized carbons (Fsp3) is 0.882. The van der Waals surface area contributed by atoms with E-state index in [1.165, 1.54) is 0 Å². The molecule has 21 heavy (non-hydrogen) atoms. The summed E-state index contributed by atoms with van der Waals surface area (Å²) in [6.07, 6.45) is 4.61. The van der Waals surface area contributed by atoms with Crippen molar-refractivity contribution in [2.45, 2.75) is 78.8 Å². The maximum Gasteiger partial charge on any atom is 0.245 e. The first-order valence-electron chi connectivity index (χ1n) is 8.51. The standard InChI is InChI=1S/C17H32N2O2/c1-6-8-13(5)11-19-15(9-7-2)16(20)18-14(17(19)21)10-12(3)4/h12-15H,6-11H2,1-5H3,(H,18,20). The Balaban J connectivity index is 2.86. The van der Waals surface area contributed by atoms with Gasteiger partial charge in [-0.25, -0.2) is 0 Å². The number of hydrogen-bond acceptors (Lipinski definition) is 2. The fourth-order valence-electron chi connectivity index (χ4n) is 3.15. The van der Waals surface area contributed by atoms with E-state index in [1.807, 2.05) is 4.90 Å². The van der Waals surface area contributed by atoms with Gasteiger partial charge in [-0.1, -0.05) is 47.5 Å². The first-order chi connectivity index (χ1) is 9.90. The Hall–Kier alpha value is -1.06. The molecule has 1 aliphatic rings. The molecule has 0 aromatic carbocycles. The molecule has 0 bridgehead atoms. The minimum Gasteiger partial charge on any atom is -0.342 e. The van der Waals surface area contributed by atoms with Gasteiger partial charge in [0, 0.05) is 6.54 Å². The molecular weight excluding hydrogens is 264 g/mol. The van der Waals surface area contributed by atoms with E-state index in [0.29, 0.717) is 18.4 Å². The molecule has 0 radical (unpaired) electrons. The molecular formula is C17H32N2O2. The molecule has 122 valence electrons. The zero-order valence-corrected chi connectivity index (χ0v) is 14.3. The van der Waals surface area contributed by atoms with E-state index in [4.69, 9.17) is 0 Å². The number of hydrogen-bond donors (Lipinski definition) is 1. The zero-order valence-electron chi connectivity index (χ0n) is 14.3. The monoisotopic (exact) mass is 296 g/mol. The maximum atomic E-state index is 12.7. The van der Waals surface area contributed by atoms with Gasteiger partial charge in [0.2, 0.25) is 11.8 Å². The summed E-state index contributed by atoms with van der Waals surface area (Å²) in [4.78, 5) is 27.0. The van der Waals surface area contributed by atoms with Crippen molar-refractivity contribution in [2.24, 2.45) is 11.8 Å². The molecule has 3 atom stereocenters. The molecule has 4 heteroatoms. The maximum absolute atomic E-state index is 12.7. The second kappa shape index (κ2) is 8.40. The number of nitrogens with one attached hydrogen (secondary N) is 1. The lowest BCUT2D eigenvalue weighted by atomic mass is 9.95. The van der Waals surface area contributed by atoms with E-state index >= 15 is 0 Å². The average molecular weight is 296 g/mol. The summed E-state index contributed by atoms with van der Waals surface area (Å²) in [5.74, 6) is 0.997. The Morgan fingerprint density at radius 1 is 1.14 bits per heavy atom. The van der Waals surface area contributed by atoms with E-state index in [0.717, 1.165) is 32.1 Å². The lowest BCUT2D eigenvalue weighted by molar-refractivity contribution is -0.150. The van der Waals surface area contributed by atoms with Gasteiger partial charge in [0.25, 0.3) is 0 Å². The summed E-state index contributed by atoms with van der Waals surface area (Å²) in [7, 11) is 0. The molecule has 0 aromatic heterocycles. The predicted molar refractivity (Wildman–Crippen MR) is 85.9 cm³/mol. The van der Waals surface area contributed by atoms with E-state index in [2.05, 4.69) is 39.9 Å². The Bertz CT molecular complexity index is 355. The average Bonchev–Trinajstić information content (AvgIpc) is 2.39. The topological polar surface area (TPSA) is 49.4 Å². The van der Waals surface area contributed by atoms with Gasteiger partial charge in [-0.3, -0.25) is 9.59 Å². The van der Waals surface area contributed by atoms with Gasteiger partial charge >= 0.3 is 0 Å². The molecule has 0 saturated carbocycles. The van der Waals surface area contributed by atoms with Crippen LogP contribution in [0.2, 0.25) is 0 Å². The number of carbonyl (C=O) groups excluding carboxylic acids is 2. The molecule has 1 fully saturated rings. The van der Waals surface area contributed by atoms with E-state index in [-0.39, 0.29) is 23.9 Å². The smallest absolute Gasteiger partial charge is 0.245 e. The van der Waals surface area contributed by atoms with Crippen molar-refractivity contribution in [1.82, 2.24) is 10.2 Å². The molecule has 1 N–H and O–H groups in total. The predicted octanol–water partition coefficient (Wildman–Crippen LogP) is 2.96. The van der Waals surface area contributed by atoms with Crippen LogP contribution in [0.15, 0.2) is 0 Å². The molecule has 1 heterocycles. The van der Waals surface area contributed by atoms with Crippen LogP contribution in [0.4, 0.5) is 0 Å². The zero-order chi connectivity index (χ0) is 16.0. The number of rotatable bonds is 8. The van der Waals surface area contributed by atoms with Crippen LogP contribution in [0.5, 0.6) is 0 Å². The fourth-order valence-corrected chi connectivity index (χ4v) is 3.15. The van der Waals surface area contributed by atoms with Gasteiger partial charge < -0.3 is 10.2 Å². The van der Waals surface area contributed by atoms with Crippen LogP contribution in [0, 0.1) is 11.8 Å². The van der Waals surface area contributed by atoms with Gasteiger partial charge in [-0.15, -0.1) is 0 Å². The van der Waals surface area contributed by atoms with Gasteiger partial charge in [0.1, 0.15) is 12.1 Å². The summed E-state index contributed by atoms with van der Waals surface area (Å²) in [6, 6.07) is -0.607. The van der Waals surface area contributed by atoms with Crippen LogP contribution in [0.25, 0.3) is 0 Å². The minimum atomic E-state index is -0.334. The molecule has 0 spiro atoms. The largest absolute Gasteiger partial charge is 0.342 e. The number of carbonyl (C=O) groups is 2. The highest BCUT2D eigenvalue weighted by atomic mass is 16.2. The first-order valence-corrected chi connectivity index (χ1v) is 8.51. The summed E-state index contributed by atoms with van der Waals surface area (Å²) < 4.78 is 0. The van der Waals surface area contributed by atoms with Crippen molar-refractivity contribution < 1.29 is 9.59 Å². The van der Waals surface area contributed by atoms with Crippen molar-refractivity contribution in [3.8, 4) is 0 Å². The van der Waals surface area contributed by atoms with Crippen LogP contribution < -0.4 is 5.32 Å². The summed E-state index contributed by atoms with van der Waals surface area (Å²) >= 11 is 0. The molecule has 4 nitrogen and oxygen atoms in total. The van der Waals surface area contributed by atoms with Crippen molar-refractivity contribution in [1.29, 1.82) is 0 Å². The molecule has 2 amide bonds. The number of amides is 2. The van der Waals surface area contributed by atoms with E-state index < -0.39 is 0 Å². The third-order valence-corrected chi connectivity index (χ3v) is 4.14. The second-order valence-electron chi connectivity index (χ2n) is 6.88. The van der Waals surface area contributed by atoms with Gasteiger partial charge in [0.05, 0.1) is 0 Å². The first kappa shape index (κ1) is 18.0. The summed E-state index contributed by atoms with van der Waals surface area (Å²) in [5.41, 5.74) is 0. The van der Waals surface area contributed by atoms with Crippen LogP contribution in [-0.2, 0) is 9.59 Å². The Labute approximate surface area is 129 Å². The quantitative estimate of drug-likeness (QED) is 0.748. The highest BCUT2D eigenvalue weighted by molar-refractivity contribution is 5.96. The Morgan fingerprint density at radius 3 is 2.33 bits per heavy atom. The van der Waals surface area contributed by atoms with Crippen LogP contribution >= 0.6 is 0 Å². The molecule has 1 saturated heterocycles. The van der Waals surface area contributed by atoms with Gasteiger partial charge in [-0.05, 0) is 31.1 Å². The highest BCUT2D eigenvalue weighted by Crippen LogP contribution is 2.21. The van der Waals surface area contributed by atoms with Gasteiger partial charge in [0.15, 0.2) is 0 Å². The minimum absolute atomic E-state index is 0.0331. The van der Waals surface area contributed by atoms with Crippen LogP contribution in [-0.4, -0.2) is 35.3 Å². The lowest BCUT2D eigenvalue weighted by Gasteiger charge is -2.40. The lowest BCUT2D eigenvalue weighted by Crippen LogP contribution is -2.64. The van der Waals surface area contributed by atoms with Crippen LogP contribution in [0.3, 0.4) is 0 Å². The van der Waals surface area contributed by atoms with Crippen molar-refractivity contribution in [2.75, 3.05) is 6.54 Å². The molecule has 0 aromatic rings. The van der Waals surface area contributed by atoms with Gasteiger partial charge in [-0.2, -0.15) is 0 Å². The summed E-state index contributed by atoms with van der Waals surface area (Å²) in [5, 5.41) is 2.94. The van der Waals surface area contributed by atoms with Crippen molar-refractivity contribution >= 4 is 11.8 Å². The summed E-state index contributed by atoms with van der Waals surface area (Å²) in [6.45, 7) is 11.3. The Kier molecular flexibility index (Phi) is 7.20. The molecule has 1 aliphatic heterocycles. The molecule has 1 rings (SSSR count). The Morgan fingerprint density at radius 2 is 1.81 bits per heavy atom. The third kappa shape index (κ3) is 5.01. The van der Waals surface area contributed by atoms with Crippen molar-refractivity contribution in [3.05, 3.63) is 0 Å². The number of nitrogens with zero attached hydrogens (tertiary/aromatic N) is 1. The van der Waals surface area contributed by atoms with E-state index in [1.54, 1.807) is 0 Å².